The summed E-state index contributed by atoms with van der Waals surface area (Å²) in [6.07, 6.45) is 1.13. The van der Waals surface area contributed by atoms with Crippen molar-refractivity contribution >= 4 is 11.8 Å². The molecule has 4 heteroatoms. The second-order valence-electron chi connectivity index (χ2n) is 4.11. The van der Waals surface area contributed by atoms with Crippen molar-refractivity contribution in [3.05, 3.63) is 29.6 Å². The van der Waals surface area contributed by atoms with Crippen molar-refractivity contribution in [3.63, 3.8) is 0 Å². The third-order valence-electron chi connectivity index (χ3n) is 2.78. The molecule has 2 nitrogen and oxygen atoms in total. The Kier molecular flexibility index (Phi) is 7.13. The van der Waals surface area contributed by atoms with Crippen molar-refractivity contribution in [3.8, 4) is 5.75 Å². The van der Waals surface area contributed by atoms with Crippen LogP contribution in [-0.4, -0.2) is 25.2 Å². The number of methoxy groups -OCH3 is 1. The van der Waals surface area contributed by atoms with E-state index in [1.54, 1.807) is 13.2 Å². The minimum absolute atomic E-state index is 0.0993. The van der Waals surface area contributed by atoms with Crippen LogP contribution in [0.4, 0.5) is 4.39 Å². The zero-order chi connectivity index (χ0) is 13.4. The van der Waals surface area contributed by atoms with Gasteiger partial charge in [0.2, 0.25) is 0 Å². The number of ether oxygens (including phenoxy) is 1. The van der Waals surface area contributed by atoms with Gasteiger partial charge in [-0.05, 0) is 49.6 Å². The molecule has 0 saturated carbocycles. The molecule has 1 N–H and O–H groups in total. The van der Waals surface area contributed by atoms with Crippen molar-refractivity contribution < 1.29 is 9.13 Å². The fourth-order valence-corrected chi connectivity index (χ4v) is 2.43. The molecule has 18 heavy (non-hydrogen) atoms. The number of benzene rings is 1. The highest BCUT2D eigenvalue weighted by molar-refractivity contribution is 7.99. The number of hydrogen-bond donors (Lipinski definition) is 1. The quantitative estimate of drug-likeness (QED) is 0.730. The van der Waals surface area contributed by atoms with Gasteiger partial charge in [-0.1, -0.05) is 6.92 Å². The molecule has 1 rings (SSSR count). The lowest BCUT2D eigenvalue weighted by Gasteiger charge is -2.17. The fraction of sp³-hybridized carbons (Fsp3) is 0.571. The van der Waals surface area contributed by atoms with Gasteiger partial charge in [0.1, 0.15) is 11.6 Å². The molecular formula is C14H22FNOS. The molecule has 1 unspecified atom stereocenters. The lowest BCUT2D eigenvalue weighted by Crippen LogP contribution is -2.21. The molecule has 0 amide bonds. The minimum atomic E-state index is -0.221. The fourth-order valence-electron chi connectivity index (χ4n) is 1.79. The second kappa shape index (κ2) is 8.38. The van der Waals surface area contributed by atoms with E-state index >= 15 is 0 Å². The highest BCUT2D eigenvalue weighted by Crippen LogP contribution is 2.25. The van der Waals surface area contributed by atoms with E-state index in [0.717, 1.165) is 35.8 Å². The van der Waals surface area contributed by atoms with Crippen LogP contribution >= 0.6 is 11.8 Å². The summed E-state index contributed by atoms with van der Waals surface area (Å²) in [5.41, 5.74) is 0.876. The van der Waals surface area contributed by atoms with Crippen LogP contribution in [0, 0.1) is 5.82 Å². The van der Waals surface area contributed by atoms with Crippen LogP contribution in [0.2, 0.25) is 0 Å². The predicted octanol–water partition coefficient (Wildman–Crippen LogP) is 3.63. The van der Waals surface area contributed by atoms with Gasteiger partial charge in [0, 0.05) is 11.6 Å². The molecule has 1 aromatic carbocycles. The third-order valence-corrected chi connectivity index (χ3v) is 3.76. The van der Waals surface area contributed by atoms with Gasteiger partial charge in [-0.15, -0.1) is 0 Å². The summed E-state index contributed by atoms with van der Waals surface area (Å²) in [5.74, 6) is 2.84. The summed E-state index contributed by atoms with van der Waals surface area (Å²) in [4.78, 5) is 0. The molecule has 1 atom stereocenters. The summed E-state index contributed by atoms with van der Waals surface area (Å²) >= 11 is 1.94. The molecule has 0 fully saturated rings. The number of halogens is 1. The Bertz CT molecular complexity index is 360. The third kappa shape index (κ3) is 4.86. The zero-order valence-electron chi connectivity index (χ0n) is 11.3. The van der Waals surface area contributed by atoms with Crippen LogP contribution < -0.4 is 10.1 Å². The molecule has 1 aromatic rings. The first kappa shape index (κ1) is 15.3. The smallest absolute Gasteiger partial charge is 0.123 e. The first-order valence-electron chi connectivity index (χ1n) is 6.33. The molecule has 0 spiro atoms. The summed E-state index contributed by atoms with van der Waals surface area (Å²) in [6, 6.07) is 4.74. The van der Waals surface area contributed by atoms with Gasteiger partial charge in [0.15, 0.2) is 0 Å². The van der Waals surface area contributed by atoms with E-state index < -0.39 is 0 Å². The molecule has 0 bridgehead atoms. The Hall–Kier alpha value is -0.740. The monoisotopic (exact) mass is 271 g/mol. The van der Waals surface area contributed by atoms with E-state index in [9.17, 15) is 4.39 Å². The van der Waals surface area contributed by atoms with E-state index in [1.807, 2.05) is 18.7 Å². The summed E-state index contributed by atoms with van der Waals surface area (Å²) in [6.45, 7) is 5.14. The molecule has 0 aliphatic carbocycles. The maximum atomic E-state index is 13.2. The second-order valence-corrected chi connectivity index (χ2v) is 5.51. The molecule has 0 radical (unpaired) electrons. The highest BCUT2D eigenvalue weighted by atomic mass is 32.2. The maximum Gasteiger partial charge on any atom is 0.123 e. The van der Waals surface area contributed by atoms with Gasteiger partial charge >= 0.3 is 0 Å². The van der Waals surface area contributed by atoms with E-state index in [0.29, 0.717) is 0 Å². The van der Waals surface area contributed by atoms with Crippen molar-refractivity contribution in [2.24, 2.45) is 0 Å². The Labute approximate surface area is 113 Å². The number of rotatable bonds is 8. The van der Waals surface area contributed by atoms with Crippen LogP contribution in [0.3, 0.4) is 0 Å². The van der Waals surface area contributed by atoms with Crippen molar-refractivity contribution in [2.75, 3.05) is 25.2 Å². The summed E-state index contributed by atoms with van der Waals surface area (Å²) in [5, 5.41) is 3.40. The van der Waals surface area contributed by atoms with Crippen LogP contribution in [0.25, 0.3) is 0 Å². The Morgan fingerprint density at radius 1 is 1.44 bits per heavy atom. The van der Waals surface area contributed by atoms with Gasteiger partial charge in [-0.25, -0.2) is 4.39 Å². The first-order valence-corrected chi connectivity index (χ1v) is 7.49. The predicted molar refractivity (Wildman–Crippen MR) is 77.0 cm³/mol. The van der Waals surface area contributed by atoms with Crippen LogP contribution in [0.5, 0.6) is 5.75 Å². The molecule has 102 valence electrons. The van der Waals surface area contributed by atoms with Gasteiger partial charge < -0.3 is 10.1 Å². The standard InChI is InChI=1S/C14H22FNOS/c1-4-18-9-5-8-16-11(2)13-10-12(15)6-7-14(13)17-3/h6-7,10-11,16H,4-5,8-9H2,1-3H3. The average molecular weight is 271 g/mol. The largest absolute Gasteiger partial charge is 0.496 e. The van der Waals surface area contributed by atoms with Gasteiger partial charge in [0.25, 0.3) is 0 Å². The first-order chi connectivity index (χ1) is 8.69. The lowest BCUT2D eigenvalue weighted by molar-refractivity contribution is 0.400. The Morgan fingerprint density at radius 2 is 2.22 bits per heavy atom. The van der Waals surface area contributed by atoms with E-state index in [1.165, 1.54) is 12.1 Å². The normalized spacial score (nSPS) is 12.4. The Balaban J connectivity index is 2.49. The van der Waals surface area contributed by atoms with Gasteiger partial charge in [-0.2, -0.15) is 11.8 Å². The van der Waals surface area contributed by atoms with Crippen LogP contribution in [0.15, 0.2) is 18.2 Å². The number of nitrogens with one attached hydrogen (secondary N) is 1. The summed E-state index contributed by atoms with van der Waals surface area (Å²) < 4.78 is 18.5. The maximum absolute atomic E-state index is 13.2. The topological polar surface area (TPSA) is 21.3 Å². The van der Waals surface area contributed by atoms with Gasteiger partial charge in [0.05, 0.1) is 7.11 Å². The molecule has 0 aliphatic rings. The SMILES string of the molecule is CCSCCCNC(C)c1cc(F)ccc1OC. The molecule has 0 aromatic heterocycles. The molecule has 0 heterocycles. The minimum Gasteiger partial charge on any atom is -0.496 e. The average Bonchev–Trinajstić information content (AvgIpc) is 2.38. The number of thioether (sulfide) groups is 1. The Morgan fingerprint density at radius 3 is 2.89 bits per heavy atom. The van der Waals surface area contributed by atoms with Crippen molar-refractivity contribution in [2.45, 2.75) is 26.3 Å². The lowest BCUT2D eigenvalue weighted by atomic mass is 10.1. The zero-order valence-corrected chi connectivity index (χ0v) is 12.1. The van der Waals surface area contributed by atoms with E-state index in [4.69, 9.17) is 4.74 Å². The molecule has 0 aliphatic heterocycles. The summed E-state index contributed by atoms with van der Waals surface area (Å²) in [7, 11) is 1.61. The molecular weight excluding hydrogens is 249 g/mol. The highest BCUT2D eigenvalue weighted by Gasteiger charge is 2.11. The van der Waals surface area contributed by atoms with E-state index in [2.05, 4.69) is 12.2 Å². The van der Waals surface area contributed by atoms with Crippen LogP contribution in [-0.2, 0) is 0 Å². The molecule has 0 saturated heterocycles. The van der Waals surface area contributed by atoms with Crippen molar-refractivity contribution in [1.82, 2.24) is 5.32 Å². The van der Waals surface area contributed by atoms with Crippen LogP contribution in [0.1, 0.15) is 31.9 Å². The van der Waals surface area contributed by atoms with Gasteiger partial charge in [-0.3, -0.25) is 0 Å². The number of hydrogen-bond acceptors (Lipinski definition) is 3. The van der Waals surface area contributed by atoms with Crippen molar-refractivity contribution in [1.29, 1.82) is 0 Å². The van der Waals surface area contributed by atoms with E-state index in [-0.39, 0.29) is 11.9 Å².